The zero-order valence-corrected chi connectivity index (χ0v) is 11.4. The van der Waals surface area contributed by atoms with Gasteiger partial charge in [-0.3, -0.25) is 4.79 Å². The van der Waals surface area contributed by atoms with Crippen molar-refractivity contribution in [3.05, 3.63) is 12.2 Å². The van der Waals surface area contributed by atoms with Gasteiger partial charge in [-0.2, -0.15) is 0 Å². The van der Waals surface area contributed by atoms with E-state index in [9.17, 15) is 9.59 Å². The highest BCUT2D eigenvalue weighted by Crippen LogP contribution is 2.27. The van der Waals surface area contributed by atoms with Gasteiger partial charge < -0.3 is 20.6 Å². The average molecular weight is 279 g/mol. The molecule has 0 spiro atoms. The Morgan fingerprint density at radius 2 is 1.90 bits per heavy atom. The number of urea groups is 1. The second-order valence-corrected chi connectivity index (χ2v) is 6.03. The van der Waals surface area contributed by atoms with Crippen molar-refractivity contribution in [3.63, 3.8) is 0 Å². The fourth-order valence-electron chi connectivity index (χ4n) is 3.50. The number of carboxylic acid groups (broad SMARTS) is 1. The van der Waals surface area contributed by atoms with Gasteiger partial charge in [0.2, 0.25) is 0 Å². The molecule has 3 saturated heterocycles. The van der Waals surface area contributed by atoms with Crippen molar-refractivity contribution in [2.75, 3.05) is 19.6 Å². The molecular weight excluding hydrogens is 258 g/mol. The molecule has 3 aliphatic heterocycles. The van der Waals surface area contributed by atoms with E-state index in [1.807, 2.05) is 0 Å². The van der Waals surface area contributed by atoms with E-state index in [4.69, 9.17) is 5.11 Å². The van der Waals surface area contributed by atoms with Gasteiger partial charge >= 0.3 is 12.0 Å². The first-order valence-electron chi connectivity index (χ1n) is 7.32. The van der Waals surface area contributed by atoms with E-state index in [1.54, 1.807) is 12.2 Å². The Hall–Kier alpha value is -1.56. The molecule has 110 valence electrons. The molecule has 0 aromatic carbocycles. The van der Waals surface area contributed by atoms with Crippen LogP contribution in [-0.2, 0) is 4.79 Å². The monoisotopic (exact) mass is 279 g/mol. The van der Waals surface area contributed by atoms with Crippen molar-refractivity contribution in [1.29, 1.82) is 0 Å². The van der Waals surface area contributed by atoms with Gasteiger partial charge in [0.25, 0.3) is 0 Å². The molecule has 4 rings (SSSR count). The molecule has 6 heteroatoms. The Labute approximate surface area is 118 Å². The minimum Gasteiger partial charge on any atom is -0.481 e. The summed E-state index contributed by atoms with van der Waals surface area (Å²) in [5.74, 6) is -0.711. The first-order chi connectivity index (χ1) is 9.61. The number of carbonyl (C=O) groups is 2. The lowest BCUT2D eigenvalue weighted by Crippen LogP contribution is -2.59. The summed E-state index contributed by atoms with van der Waals surface area (Å²) in [6.07, 6.45) is 6.20. The highest BCUT2D eigenvalue weighted by Gasteiger charge is 2.35. The van der Waals surface area contributed by atoms with Gasteiger partial charge in [-0.15, -0.1) is 0 Å². The molecule has 2 amide bonds. The lowest BCUT2D eigenvalue weighted by atomic mass is 9.84. The predicted molar refractivity (Wildman–Crippen MR) is 73.3 cm³/mol. The van der Waals surface area contributed by atoms with E-state index in [-0.39, 0.29) is 18.1 Å². The van der Waals surface area contributed by atoms with Crippen LogP contribution in [0.1, 0.15) is 19.3 Å². The van der Waals surface area contributed by atoms with Crippen LogP contribution in [0.3, 0.4) is 0 Å². The maximum absolute atomic E-state index is 12.0. The normalized spacial score (nSPS) is 38.7. The summed E-state index contributed by atoms with van der Waals surface area (Å²) in [4.78, 5) is 25.2. The molecule has 2 bridgehead atoms. The van der Waals surface area contributed by atoms with Gasteiger partial charge in [-0.25, -0.2) is 4.79 Å². The van der Waals surface area contributed by atoms with Crippen LogP contribution in [0.2, 0.25) is 0 Å². The summed E-state index contributed by atoms with van der Waals surface area (Å²) in [5, 5.41) is 14.8. The summed E-state index contributed by atoms with van der Waals surface area (Å²) in [5.41, 5.74) is 0. The minimum atomic E-state index is -0.830. The number of nitrogens with zero attached hydrogens (tertiary/aromatic N) is 1. The summed E-state index contributed by atoms with van der Waals surface area (Å²) < 4.78 is 0. The number of carboxylic acids is 1. The summed E-state index contributed by atoms with van der Waals surface area (Å²) in [7, 11) is 0. The molecule has 0 radical (unpaired) electrons. The molecular formula is C14H21N3O3. The Morgan fingerprint density at radius 1 is 1.15 bits per heavy atom. The largest absolute Gasteiger partial charge is 0.481 e. The van der Waals surface area contributed by atoms with Gasteiger partial charge in [0.15, 0.2) is 0 Å². The highest BCUT2D eigenvalue weighted by molar-refractivity contribution is 5.76. The zero-order chi connectivity index (χ0) is 14.1. The number of aliphatic carboxylic acids is 1. The summed E-state index contributed by atoms with van der Waals surface area (Å²) in [6.45, 7) is 3.24. The third kappa shape index (κ3) is 2.80. The molecule has 20 heavy (non-hydrogen) atoms. The highest BCUT2D eigenvalue weighted by atomic mass is 16.4. The van der Waals surface area contributed by atoms with Crippen molar-refractivity contribution in [1.82, 2.24) is 15.5 Å². The van der Waals surface area contributed by atoms with E-state index in [0.29, 0.717) is 12.3 Å². The number of rotatable bonds is 3. The number of hydrogen-bond donors (Lipinski definition) is 3. The van der Waals surface area contributed by atoms with Crippen LogP contribution in [0, 0.1) is 11.8 Å². The quantitative estimate of drug-likeness (QED) is 0.654. The van der Waals surface area contributed by atoms with E-state index in [0.717, 1.165) is 32.5 Å². The third-order valence-corrected chi connectivity index (χ3v) is 4.69. The van der Waals surface area contributed by atoms with E-state index >= 15 is 0 Å². The van der Waals surface area contributed by atoms with Crippen LogP contribution in [-0.4, -0.2) is 53.7 Å². The standard InChI is InChI=1S/C14H21N3O3/c18-13(19)10-1-2-11(7-10)15-14(20)16-12-8-17-5-3-9(12)4-6-17/h1-2,9-12H,3-8H2,(H,18,19)(H2,15,16,20). The van der Waals surface area contributed by atoms with E-state index < -0.39 is 11.9 Å². The first-order valence-corrected chi connectivity index (χ1v) is 7.32. The Morgan fingerprint density at radius 3 is 2.45 bits per heavy atom. The fraction of sp³-hybridized carbons (Fsp3) is 0.714. The van der Waals surface area contributed by atoms with Gasteiger partial charge in [-0.1, -0.05) is 12.2 Å². The minimum absolute atomic E-state index is 0.169. The molecule has 3 unspecified atom stereocenters. The predicted octanol–water partition coefficient (Wildman–Crippen LogP) is 0.409. The Kier molecular flexibility index (Phi) is 3.65. The van der Waals surface area contributed by atoms with Crippen molar-refractivity contribution < 1.29 is 14.7 Å². The SMILES string of the molecule is O=C(NC1C=CC(C(=O)O)C1)NC1CN2CCC1CC2. The molecule has 3 atom stereocenters. The van der Waals surface area contributed by atoms with Crippen LogP contribution in [0.4, 0.5) is 4.79 Å². The number of amides is 2. The van der Waals surface area contributed by atoms with Gasteiger partial charge in [0.1, 0.15) is 0 Å². The molecule has 0 aromatic heterocycles. The molecule has 0 saturated carbocycles. The van der Waals surface area contributed by atoms with E-state index in [1.165, 1.54) is 0 Å². The fourth-order valence-corrected chi connectivity index (χ4v) is 3.50. The second kappa shape index (κ2) is 5.44. The number of hydrogen-bond acceptors (Lipinski definition) is 3. The van der Waals surface area contributed by atoms with Crippen LogP contribution >= 0.6 is 0 Å². The number of piperidine rings is 3. The summed E-state index contributed by atoms with van der Waals surface area (Å²) in [6, 6.07) is -0.111. The van der Waals surface area contributed by atoms with Crippen LogP contribution in [0.25, 0.3) is 0 Å². The van der Waals surface area contributed by atoms with Gasteiger partial charge in [-0.05, 0) is 38.3 Å². The van der Waals surface area contributed by atoms with Gasteiger partial charge in [0, 0.05) is 12.6 Å². The Balaban J connectivity index is 1.46. The van der Waals surface area contributed by atoms with Crippen molar-refractivity contribution in [3.8, 4) is 0 Å². The van der Waals surface area contributed by atoms with E-state index in [2.05, 4.69) is 15.5 Å². The maximum atomic E-state index is 12.0. The molecule has 6 nitrogen and oxygen atoms in total. The molecule has 3 N–H and O–H groups in total. The molecule has 3 heterocycles. The first kappa shape index (κ1) is 13.4. The van der Waals surface area contributed by atoms with Crippen LogP contribution < -0.4 is 10.6 Å². The summed E-state index contributed by atoms with van der Waals surface area (Å²) >= 11 is 0. The molecule has 3 fully saturated rings. The second-order valence-electron chi connectivity index (χ2n) is 6.03. The lowest BCUT2D eigenvalue weighted by molar-refractivity contribution is -0.140. The lowest BCUT2D eigenvalue weighted by Gasteiger charge is -2.44. The topological polar surface area (TPSA) is 81.7 Å². The molecule has 0 aromatic rings. The average Bonchev–Trinajstić information content (AvgIpc) is 2.88. The smallest absolute Gasteiger partial charge is 0.315 e. The van der Waals surface area contributed by atoms with Crippen LogP contribution in [0.15, 0.2) is 12.2 Å². The number of carbonyl (C=O) groups excluding carboxylic acids is 1. The molecule has 1 aliphatic carbocycles. The third-order valence-electron chi connectivity index (χ3n) is 4.69. The maximum Gasteiger partial charge on any atom is 0.315 e. The Bertz CT molecular complexity index is 429. The van der Waals surface area contributed by atoms with Gasteiger partial charge in [0.05, 0.1) is 12.0 Å². The van der Waals surface area contributed by atoms with Crippen molar-refractivity contribution in [2.24, 2.45) is 11.8 Å². The zero-order valence-electron chi connectivity index (χ0n) is 11.4. The number of fused-ring (bicyclic) bond motifs is 3. The van der Waals surface area contributed by atoms with Crippen molar-refractivity contribution >= 4 is 12.0 Å². The van der Waals surface area contributed by atoms with Crippen LogP contribution in [0.5, 0.6) is 0 Å². The molecule has 4 aliphatic rings. The number of nitrogens with one attached hydrogen (secondary N) is 2. The van der Waals surface area contributed by atoms with Crippen molar-refractivity contribution in [2.45, 2.75) is 31.3 Å².